The van der Waals surface area contributed by atoms with E-state index in [9.17, 15) is 4.39 Å². The fraction of sp³-hybridized carbons (Fsp3) is 0.538. The topological polar surface area (TPSA) is 47.3 Å². The minimum absolute atomic E-state index is 0.166. The van der Waals surface area contributed by atoms with E-state index in [0.29, 0.717) is 24.9 Å². The van der Waals surface area contributed by atoms with Crippen LogP contribution in [0.25, 0.3) is 0 Å². The van der Waals surface area contributed by atoms with Crippen molar-refractivity contribution in [3.8, 4) is 5.75 Å². The third-order valence-corrected chi connectivity index (χ3v) is 2.89. The molecule has 4 heteroatoms. The first-order valence-corrected chi connectivity index (χ1v) is 6.12. The summed E-state index contributed by atoms with van der Waals surface area (Å²) in [5.74, 6) is -0.0511. The highest BCUT2D eigenvalue weighted by Crippen LogP contribution is 2.22. The maximum Gasteiger partial charge on any atom is 0.165 e. The smallest absolute Gasteiger partial charge is 0.165 e. The Bertz CT molecular complexity index is 380. The van der Waals surface area contributed by atoms with Crippen molar-refractivity contribution in [2.75, 3.05) is 13.2 Å². The van der Waals surface area contributed by atoms with Crippen molar-refractivity contribution in [1.29, 1.82) is 0 Å². The Morgan fingerprint density at radius 1 is 1.53 bits per heavy atom. The first kappa shape index (κ1) is 12.3. The van der Waals surface area contributed by atoms with E-state index >= 15 is 0 Å². The third kappa shape index (κ3) is 3.41. The van der Waals surface area contributed by atoms with Crippen LogP contribution in [0.5, 0.6) is 5.75 Å². The molecular formula is C13H19FN2O. The summed E-state index contributed by atoms with van der Waals surface area (Å²) >= 11 is 0. The van der Waals surface area contributed by atoms with Crippen molar-refractivity contribution < 1.29 is 9.13 Å². The Morgan fingerprint density at radius 2 is 2.29 bits per heavy atom. The Kier molecular flexibility index (Phi) is 3.97. The molecule has 1 aromatic rings. The zero-order chi connectivity index (χ0) is 12.3. The van der Waals surface area contributed by atoms with Gasteiger partial charge in [0.25, 0.3) is 0 Å². The van der Waals surface area contributed by atoms with Gasteiger partial charge in [-0.1, -0.05) is 6.07 Å². The minimum atomic E-state index is -0.341. The van der Waals surface area contributed by atoms with E-state index in [1.807, 2.05) is 13.0 Å². The Morgan fingerprint density at radius 3 is 2.88 bits per heavy atom. The summed E-state index contributed by atoms with van der Waals surface area (Å²) in [5, 5.41) is 3.34. The monoisotopic (exact) mass is 238 g/mol. The maximum atomic E-state index is 13.6. The Labute approximate surface area is 101 Å². The van der Waals surface area contributed by atoms with Crippen molar-refractivity contribution in [2.45, 2.75) is 31.8 Å². The highest BCUT2D eigenvalue weighted by Gasteiger charge is 2.21. The van der Waals surface area contributed by atoms with Crippen LogP contribution in [0.2, 0.25) is 0 Å². The number of nitrogens with two attached hydrogens (primary N) is 1. The number of rotatable bonds is 6. The molecule has 0 radical (unpaired) electrons. The molecule has 3 N–H and O–H groups in total. The molecular weight excluding hydrogens is 219 g/mol. The van der Waals surface area contributed by atoms with E-state index in [0.717, 1.165) is 5.56 Å². The van der Waals surface area contributed by atoms with Gasteiger partial charge in [-0.2, -0.15) is 0 Å². The summed E-state index contributed by atoms with van der Waals surface area (Å²) in [6.07, 6.45) is 2.45. The lowest BCUT2D eigenvalue weighted by Gasteiger charge is -2.14. The van der Waals surface area contributed by atoms with Crippen molar-refractivity contribution in [3.05, 3.63) is 29.6 Å². The molecule has 94 valence electrons. The van der Waals surface area contributed by atoms with Crippen LogP contribution < -0.4 is 15.8 Å². The number of benzene rings is 1. The van der Waals surface area contributed by atoms with Gasteiger partial charge in [0.1, 0.15) is 0 Å². The van der Waals surface area contributed by atoms with Gasteiger partial charge >= 0.3 is 0 Å². The Hall–Kier alpha value is -1.13. The van der Waals surface area contributed by atoms with Gasteiger partial charge in [-0.25, -0.2) is 4.39 Å². The van der Waals surface area contributed by atoms with Crippen molar-refractivity contribution >= 4 is 0 Å². The zero-order valence-electron chi connectivity index (χ0n) is 10.1. The number of nitrogens with one attached hydrogen (secondary N) is 1. The van der Waals surface area contributed by atoms with E-state index in [1.54, 1.807) is 6.07 Å². The molecule has 1 aromatic carbocycles. The van der Waals surface area contributed by atoms with E-state index in [-0.39, 0.29) is 11.9 Å². The molecule has 0 heterocycles. The van der Waals surface area contributed by atoms with E-state index < -0.39 is 0 Å². The number of hydrogen-bond acceptors (Lipinski definition) is 3. The molecule has 1 saturated carbocycles. The normalized spacial score (nSPS) is 16.9. The third-order valence-electron chi connectivity index (χ3n) is 2.89. The van der Waals surface area contributed by atoms with Crippen LogP contribution in [0, 0.1) is 5.82 Å². The van der Waals surface area contributed by atoms with E-state index in [1.165, 1.54) is 18.9 Å². The van der Waals surface area contributed by atoms with Gasteiger partial charge in [0.05, 0.1) is 6.61 Å². The highest BCUT2D eigenvalue weighted by molar-refractivity contribution is 5.31. The van der Waals surface area contributed by atoms with Crippen molar-refractivity contribution in [2.24, 2.45) is 5.73 Å². The molecule has 3 nitrogen and oxygen atoms in total. The summed E-state index contributed by atoms with van der Waals surface area (Å²) in [4.78, 5) is 0. The van der Waals surface area contributed by atoms with Gasteiger partial charge in [0.2, 0.25) is 0 Å². The van der Waals surface area contributed by atoms with Gasteiger partial charge in [-0.3, -0.25) is 0 Å². The summed E-state index contributed by atoms with van der Waals surface area (Å²) < 4.78 is 18.8. The molecule has 1 fully saturated rings. The first-order valence-electron chi connectivity index (χ1n) is 6.12. The van der Waals surface area contributed by atoms with Crippen LogP contribution >= 0.6 is 0 Å². The molecule has 0 bridgehead atoms. The van der Waals surface area contributed by atoms with E-state index in [2.05, 4.69) is 5.32 Å². The zero-order valence-corrected chi connectivity index (χ0v) is 10.1. The van der Waals surface area contributed by atoms with Gasteiger partial charge in [-0.15, -0.1) is 0 Å². The minimum Gasteiger partial charge on any atom is -0.491 e. The second-order valence-electron chi connectivity index (χ2n) is 4.41. The molecule has 0 amide bonds. The van der Waals surface area contributed by atoms with Crippen LogP contribution in [-0.4, -0.2) is 19.2 Å². The molecule has 1 unspecified atom stereocenters. The van der Waals surface area contributed by atoms with Gasteiger partial charge in [0, 0.05) is 18.6 Å². The lowest BCUT2D eigenvalue weighted by molar-refractivity contribution is 0.321. The van der Waals surface area contributed by atoms with Crippen LogP contribution in [0.15, 0.2) is 18.2 Å². The predicted octanol–water partition coefficient (Wildman–Crippen LogP) is 1.98. The fourth-order valence-corrected chi connectivity index (χ4v) is 1.72. The van der Waals surface area contributed by atoms with Crippen LogP contribution in [-0.2, 0) is 0 Å². The lowest BCUT2D eigenvalue weighted by atomic mass is 10.1. The average molecular weight is 238 g/mol. The molecule has 1 aliphatic carbocycles. The largest absolute Gasteiger partial charge is 0.491 e. The SMILES string of the molecule is CCOc1ccc(C(N)CNC2CC2)cc1F. The quantitative estimate of drug-likeness (QED) is 0.796. The summed E-state index contributed by atoms with van der Waals surface area (Å²) in [6, 6.07) is 5.39. The maximum absolute atomic E-state index is 13.6. The number of ether oxygens (including phenoxy) is 1. The van der Waals surface area contributed by atoms with Crippen molar-refractivity contribution in [1.82, 2.24) is 5.32 Å². The highest BCUT2D eigenvalue weighted by atomic mass is 19.1. The lowest BCUT2D eigenvalue weighted by Crippen LogP contribution is -2.28. The second-order valence-corrected chi connectivity index (χ2v) is 4.41. The molecule has 0 saturated heterocycles. The second kappa shape index (κ2) is 5.47. The fourth-order valence-electron chi connectivity index (χ4n) is 1.72. The Balaban J connectivity index is 1.96. The van der Waals surface area contributed by atoms with Crippen LogP contribution in [0.4, 0.5) is 4.39 Å². The summed E-state index contributed by atoms with van der Waals surface area (Å²) in [7, 11) is 0. The molecule has 0 spiro atoms. The van der Waals surface area contributed by atoms with Crippen LogP contribution in [0.1, 0.15) is 31.4 Å². The molecule has 1 atom stereocenters. The summed E-state index contributed by atoms with van der Waals surface area (Å²) in [5.41, 5.74) is 6.80. The molecule has 1 aliphatic rings. The standard InChI is InChI=1S/C13H19FN2O/c1-2-17-13-6-3-9(7-11(13)14)12(15)8-16-10-4-5-10/h3,6-7,10,12,16H,2,4-5,8,15H2,1H3. The predicted molar refractivity (Wildman–Crippen MR) is 65.5 cm³/mol. The van der Waals surface area contributed by atoms with Gasteiger partial charge in [0.15, 0.2) is 11.6 Å². The molecule has 0 aliphatic heterocycles. The number of hydrogen-bond donors (Lipinski definition) is 2. The van der Waals surface area contributed by atoms with Gasteiger partial charge < -0.3 is 15.8 Å². The first-order chi connectivity index (χ1) is 8.20. The number of halogens is 1. The van der Waals surface area contributed by atoms with Gasteiger partial charge in [-0.05, 0) is 37.5 Å². The van der Waals surface area contributed by atoms with Crippen LogP contribution in [0.3, 0.4) is 0 Å². The summed E-state index contributed by atoms with van der Waals surface area (Å²) in [6.45, 7) is 2.99. The molecule has 0 aromatic heterocycles. The average Bonchev–Trinajstić information content (AvgIpc) is 3.13. The molecule has 2 rings (SSSR count). The van der Waals surface area contributed by atoms with Crippen molar-refractivity contribution in [3.63, 3.8) is 0 Å². The molecule has 17 heavy (non-hydrogen) atoms. The van der Waals surface area contributed by atoms with E-state index in [4.69, 9.17) is 10.5 Å².